The molecular formula is C24H24N2O5S. The number of ether oxygens (including phenoxy) is 1. The molecule has 0 fully saturated rings. The fourth-order valence-corrected chi connectivity index (χ4v) is 4.26. The summed E-state index contributed by atoms with van der Waals surface area (Å²) in [4.78, 5) is 35.4. The Morgan fingerprint density at radius 3 is 2.34 bits per heavy atom. The van der Waals surface area contributed by atoms with Crippen molar-refractivity contribution >= 4 is 33.9 Å². The molecule has 2 aromatic carbocycles. The molecule has 0 saturated heterocycles. The molecule has 0 aliphatic heterocycles. The van der Waals surface area contributed by atoms with Crippen LogP contribution in [0.2, 0.25) is 0 Å². The third-order valence-corrected chi connectivity index (χ3v) is 6.24. The number of esters is 1. The molecule has 0 spiro atoms. The monoisotopic (exact) mass is 452 g/mol. The summed E-state index contributed by atoms with van der Waals surface area (Å²) >= 11 is 1.25. The molecule has 166 valence electrons. The van der Waals surface area contributed by atoms with E-state index in [9.17, 15) is 19.7 Å². The molecule has 8 heteroatoms. The van der Waals surface area contributed by atoms with E-state index in [0.717, 1.165) is 12.0 Å². The number of nitro benzene ring substituents is 1. The lowest BCUT2D eigenvalue weighted by Gasteiger charge is -2.11. The lowest BCUT2D eigenvalue weighted by Crippen LogP contribution is -2.16. The molecule has 0 aliphatic rings. The van der Waals surface area contributed by atoms with Gasteiger partial charge in [-0.2, -0.15) is 0 Å². The predicted octanol–water partition coefficient (Wildman–Crippen LogP) is 5.80. The van der Waals surface area contributed by atoms with Crippen LogP contribution in [-0.2, 0) is 16.0 Å². The third kappa shape index (κ3) is 5.20. The van der Waals surface area contributed by atoms with Crippen LogP contribution in [-0.4, -0.2) is 23.9 Å². The highest BCUT2D eigenvalue weighted by atomic mass is 32.1. The number of non-ortho nitro benzene ring substituents is 1. The maximum atomic E-state index is 12.6. The Balaban J connectivity index is 1.82. The molecule has 1 aromatic heterocycles. The summed E-state index contributed by atoms with van der Waals surface area (Å²) in [6, 6.07) is 13.8. The fourth-order valence-electron chi connectivity index (χ4n) is 3.29. The Morgan fingerprint density at radius 1 is 1.12 bits per heavy atom. The number of rotatable bonds is 8. The lowest BCUT2D eigenvalue weighted by molar-refractivity contribution is -0.384. The largest absolute Gasteiger partial charge is 0.465 e. The smallest absolute Gasteiger partial charge is 0.341 e. The van der Waals surface area contributed by atoms with Crippen molar-refractivity contribution in [2.75, 3.05) is 12.4 Å². The van der Waals surface area contributed by atoms with Gasteiger partial charge in [-0.1, -0.05) is 50.2 Å². The molecular weight excluding hydrogens is 428 g/mol. The van der Waals surface area contributed by atoms with Crippen LogP contribution in [0.3, 0.4) is 0 Å². The first-order valence-electron chi connectivity index (χ1n) is 10.2. The Bertz CT molecular complexity index is 1120. The van der Waals surface area contributed by atoms with E-state index in [1.165, 1.54) is 48.3 Å². The average Bonchev–Trinajstić information content (AvgIpc) is 3.21. The second-order valence-electron chi connectivity index (χ2n) is 7.42. The Kier molecular flexibility index (Phi) is 7.37. The number of nitrogens with one attached hydrogen (secondary N) is 1. The Morgan fingerprint density at radius 2 is 1.78 bits per heavy atom. The molecule has 1 amide bonds. The van der Waals surface area contributed by atoms with E-state index in [4.69, 9.17) is 4.74 Å². The van der Waals surface area contributed by atoms with Crippen molar-refractivity contribution in [3.05, 3.63) is 80.7 Å². The van der Waals surface area contributed by atoms with Crippen molar-refractivity contribution in [1.29, 1.82) is 0 Å². The molecule has 0 radical (unpaired) electrons. The van der Waals surface area contributed by atoms with Gasteiger partial charge < -0.3 is 10.1 Å². The van der Waals surface area contributed by atoms with Crippen molar-refractivity contribution in [2.24, 2.45) is 0 Å². The van der Waals surface area contributed by atoms with Gasteiger partial charge in [0.1, 0.15) is 10.6 Å². The van der Waals surface area contributed by atoms with Crippen molar-refractivity contribution < 1.29 is 19.2 Å². The number of amides is 1. The zero-order valence-electron chi connectivity index (χ0n) is 18.1. The van der Waals surface area contributed by atoms with Crippen LogP contribution in [0.4, 0.5) is 10.7 Å². The van der Waals surface area contributed by atoms with Gasteiger partial charge in [-0.25, -0.2) is 4.79 Å². The van der Waals surface area contributed by atoms with E-state index < -0.39 is 10.9 Å². The standard InChI is InChI=1S/C24H24N2O5S/c1-4-15(2)17-7-9-18(10-8-17)20-14-32-23(22(20)24(28)31-3)25-21(27)13-16-5-11-19(12-6-16)26(29)30/h5-12,14-15H,4,13H2,1-3H3,(H,25,27)/t15-/m0/s1. The van der Waals surface area contributed by atoms with E-state index >= 15 is 0 Å². The SMILES string of the molecule is CC[C@H](C)c1ccc(-c2csc(NC(=O)Cc3ccc([N+](=O)[O-])cc3)c2C(=O)OC)cc1. The highest BCUT2D eigenvalue weighted by Gasteiger charge is 2.22. The first kappa shape index (κ1) is 23.1. The molecule has 0 saturated carbocycles. The Labute approximate surface area is 190 Å². The van der Waals surface area contributed by atoms with Gasteiger partial charge in [0.15, 0.2) is 0 Å². The molecule has 3 aromatic rings. The molecule has 32 heavy (non-hydrogen) atoms. The van der Waals surface area contributed by atoms with Crippen LogP contribution in [0.5, 0.6) is 0 Å². The number of carbonyl (C=O) groups is 2. The number of hydrogen-bond donors (Lipinski definition) is 1. The number of benzene rings is 2. The van der Waals surface area contributed by atoms with E-state index in [0.29, 0.717) is 27.6 Å². The van der Waals surface area contributed by atoms with Gasteiger partial charge in [-0.3, -0.25) is 14.9 Å². The van der Waals surface area contributed by atoms with Crippen LogP contribution in [0.1, 0.15) is 47.7 Å². The summed E-state index contributed by atoms with van der Waals surface area (Å²) in [5, 5.41) is 15.8. The van der Waals surface area contributed by atoms with Crippen LogP contribution in [0, 0.1) is 10.1 Å². The first-order valence-corrected chi connectivity index (χ1v) is 11.0. The summed E-state index contributed by atoms with van der Waals surface area (Å²) < 4.78 is 4.96. The molecule has 1 N–H and O–H groups in total. The van der Waals surface area contributed by atoms with Crippen LogP contribution >= 0.6 is 11.3 Å². The third-order valence-electron chi connectivity index (χ3n) is 5.35. The van der Waals surface area contributed by atoms with Crippen LogP contribution in [0.25, 0.3) is 11.1 Å². The van der Waals surface area contributed by atoms with Crippen molar-refractivity contribution in [1.82, 2.24) is 0 Å². The molecule has 7 nitrogen and oxygen atoms in total. The maximum Gasteiger partial charge on any atom is 0.341 e. The summed E-state index contributed by atoms with van der Waals surface area (Å²) in [5.41, 5.74) is 3.69. The highest BCUT2D eigenvalue weighted by Crippen LogP contribution is 2.37. The second kappa shape index (κ2) is 10.2. The molecule has 0 aliphatic carbocycles. The number of carbonyl (C=O) groups excluding carboxylic acids is 2. The average molecular weight is 453 g/mol. The van der Waals surface area contributed by atoms with Crippen molar-refractivity contribution in [2.45, 2.75) is 32.6 Å². The number of nitro groups is 1. The van der Waals surface area contributed by atoms with Gasteiger partial charge in [0.05, 0.1) is 18.5 Å². The number of nitrogens with zero attached hydrogens (tertiary/aromatic N) is 1. The minimum atomic E-state index is -0.530. The molecule has 0 unspecified atom stereocenters. The first-order chi connectivity index (χ1) is 15.3. The normalized spacial score (nSPS) is 11.6. The van der Waals surface area contributed by atoms with E-state index in [2.05, 4.69) is 31.3 Å². The summed E-state index contributed by atoms with van der Waals surface area (Å²) in [7, 11) is 1.30. The quantitative estimate of drug-likeness (QED) is 0.264. The van der Waals surface area contributed by atoms with Crippen molar-refractivity contribution in [3.63, 3.8) is 0 Å². The van der Waals surface area contributed by atoms with Gasteiger partial charge >= 0.3 is 5.97 Å². The molecule has 0 bridgehead atoms. The van der Waals surface area contributed by atoms with Gasteiger partial charge in [-0.05, 0) is 29.0 Å². The van der Waals surface area contributed by atoms with E-state index in [1.54, 1.807) is 0 Å². The molecule has 1 atom stereocenters. The number of anilines is 1. The summed E-state index contributed by atoms with van der Waals surface area (Å²) in [6.07, 6.45) is 1.06. The zero-order chi connectivity index (χ0) is 23.3. The van der Waals surface area contributed by atoms with Crippen molar-refractivity contribution in [3.8, 4) is 11.1 Å². The van der Waals surface area contributed by atoms with E-state index in [-0.39, 0.29) is 18.0 Å². The van der Waals surface area contributed by atoms with E-state index in [1.807, 2.05) is 17.5 Å². The lowest BCUT2D eigenvalue weighted by atomic mass is 9.95. The van der Waals surface area contributed by atoms with Gasteiger partial charge in [0.25, 0.3) is 5.69 Å². The summed E-state index contributed by atoms with van der Waals surface area (Å²) in [5.74, 6) is -0.414. The fraction of sp³-hybridized carbons (Fsp3) is 0.250. The van der Waals surface area contributed by atoms with Gasteiger partial charge in [-0.15, -0.1) is 11.3 Å². The van der Waals surface area contributed by atoms with Crippen LogP contribution < -0.4 is 5.32 Å². The maximum absolute atomic E-state index is 12.6. The minimum Gasteiger partial charge on any atom is -0.465 e. The van der Waals surface area contributed by atoms with Gasteiger partial charge in [0, 0.05) is 23.1 Å². The zero-order valence-corrected chi connectivity index (χ0v) is 18.9. The number of methoxy groups -OCH3 is 1. The summed E-state index contributed by atoms with van der Waals surface area (Å²) in [6.45, 7) is 4.30. The molecule has 1 heterocycles. The molecule has 3 rings (SSSR count). The second-order valence-corrected chi connectivity index (χ2v) is 8.30. The highest BCUT2D eigenvalue weighted by molar-refractivity contribution is 7.15. The predicted molar refractivity (Wildman–Crippen MR) is 125 cm³/mol. The Hall–Kier alpha value is -3.52. The van der Waals surface area contributed by atoms with Crippen LogP contribution in [0.15, 0.2) is 53.9 Å². The number of hydrogen-bond acceptors (Lipinski definition) is 6. The minimum absolute atomic E-state index is 0.0233. The topological polar surface area (TPSA) is 98.5 Å². The van der Waals surface area contributed by atoms with Gasteiger partial charge in [0.2, 0.25) is 5.91 Å². The number of thiophene rings is 1.